The highest BCUT2D eigenvalue weighted by Crippen LogP contribution is 2.36. The predicted molar refractivity (Wildman–Crippen MR) is 77.8 cm³/mol. The molecule has 7 heteroatoms. The number of amides is 1. The van der Waals surface area contributed by atoms with Crippen molar-refractivity contribution in [3.8, 4) is 0 Å². The zero-order valence-electron chi connectivity index (χ0n) is 12.0. The lowest BCUT2D eigenvalue weighted by Gasteiger charge is -2.39. The van der Waals surface area contributed by atoms with Gasteiger partial charge in [-0.05, 0) is 24.8 Å². The van der Waals surface area contributed by atoms with E-state index in [0.717, 1.165) is 5.56 Å². The highest BCUT2D eigenvalue weighted by Gasteiger charge is 2.40. The molecule has 3 rings (SSSR count). The number of likely N-dealkylation sites (tertiary alicyclic amines) is 1. The molecule has 0 aliphatic carbocycles. The molecule has 0 spiro atoms. The first-order valence-electron chi connectivity index (χ1n) is 7.17. The van der Waals surface area contributed by atoms with Crippen molar-refractivity contribution in [2.24, 2.45) is 0 Å². The summed E-state index contributed by atoms with van der Waals surface area (Å²) in [4.78, 5) is 26.5. The Kier molecular flexibility index (Phi) is 3.70. The summed E-state index contributed by atoms with van der Waals surface area (Å²) in [6.07, 6.45) is 0.957. The van der Waals surface area contributed by atoms with Gasteiger partial charge < -0.3 is 10.0 Å². The van der Waals surface area contributed by atoms with E-state index in [1.54, 1.807) is 0 Å². The number of rotatable bonds is 3. The lowest BCUT2D eigenvalue weighted by atomic mass is 9.73. The standard InChI is InChI=1S/C15H17N3O4/c19-13-16-12(17-22-13)15(10-11-4-2-1-3-5-11)6-8-18(9-7-15)14(20)21/h1-5H,6-10H2,(H,20,21)(H,16,17,19). The number of nitrogens with one attached hydrogen (secondary N) is 1. The second-order valence-electron chi connectivity index (χ2n) is 5.66. The van der Waals surface area contributed by atoms with Crippen LogP contribution in [0.1, 0.15) is 24.2 Å². The summed E-state index contributed by atoms with van der Waals surface area (Å²) in [5.74, 6) is -0.0745. The van der Waals surface area contributed by atoms with E-state index in [1.165, 1.54) is 4.90 Å². The minimum absolute atomic E-state index is 0.403. The normalized spacial score (nSPS) is 17.4. The molecule has 116 valence electrons. The Morgan fingerprint density at radius 2 is 2.00 bits per heavy atom. The molecule has 1 saturated heterocycles. The maximum Gasteiger partial charge on any atom is 0.438 e. The Balaban J connectivity index is 1.90. The summed E-state index contributed by atoms with van der Waals surface area (Å²) in [5.41, 5.74) is 0.717. The molecule has 1 fully saturated rings. The van der Waals surface area contributed by atoms with Crippen LogP contribution < -0.4 is 5.76 Å². The fourth-order valence-electron chi connectivity index (χ4n) is 3.07. The third-order valence-electron chi connectivity index (χ3n) is 4.32. The summed E-state index contributed by atoms with van der Waals surface area (Å²) in [6.45, 7) is 0.827. The van der Waals surface area contributed by atoms with Gasteiger partial charge in [-0.1, -0.05) is 35.5 Å². The summed E-state index contributed by atoms with van der Waals surface area (Å²) in [6, 6.07) is 9.90. The van der Waals surface area contributed by atoms with Gasteiger partial charge in [0.2, 0.25) is 0 Å². The number of aromatic nitrogens is 2. The van der Waals surface area contributed by atoms with Gasteiger partial charge in [0.15, 0.2) is 5.82 Å². The molecular formula is C15H17N3O4. The third kappa shape index (κ3) is 2.74. The second kappa shape index (κ2) is 5.67. The number of benzene rings is 1. The van der Waals surface area contributed by atoms with Crippen LogP contribution in [-0.4, -0.2) is 39.3 Å². The largest absolute Gasteiger partial charge is 0.465 e. The van der Waals surface area contributed by atoms with Gasteiger partial charge in [0.05, 0.1) is 0 Å². The van der Waals surface area contributed by atoms with Crippen LogP contribution in [0.15, 0.2) is 39.6 Å². The van der Waals surface area contributed by atoms with E-state index < -0.39 is 17.3 Å². The lowest BCUT2D eigenvalue weighted by Crippen LogP contribution is -2.46. The quantitative estimate of drug-likeness (QED) is 0.897. The van der Waals surface area contributed by atoms with Crippen molar-refractivity contribution in [1.29, 1.82) is 0 Å². The van der Waals surface area contributed by atoms with Crippen LogP contribution in [-0.2, 0) is 11.8 Å². The summed E-state index contributed by atoms with van der Waals surface area (Å²) in [7, 11) is 0. The molecule has 7 nitrogen and oxygen atoms in total. The van der Waals surface area contributed by atoms with Crippen molar-refractivity contribution < 1.29 is 14.4 Å². The van der Waals surface area contributed by atoms with Gasteiger partial charge in [0.1, 0.15) is 0 Å². The van der Waals surface area contributed by atoms with Gasteiger partial charge in [0.25, 0.3) is 0 Å². The number of aromatic amines is 1. The molecule has 1 aromatic heterocycles. The fourth-order valence-corrected chi connectivity index (χ4v) is 3.07. The van der Waals surface area contributed by atoms with Crippen molar-refractivity contribution >= 4 is 6.09 Å². The number of hydrogen-bond donors (Lipinski definition) is 2. The van der Waals surface area contributed by atoms with E-state index in [1.807, 2.05) is 30.3 Å². The summed E-state index contributed by atoms with van der Waals surface area (Å²) < 4.78 is 4.66. The minimum Gasteiger partial charge on any atom is -0.465 e. The third-order valence-corrected chi connectivity index (χ3v) is 4.32. The zero-order chi connectivity index (χ0) is 15.6. The summed E-state index contributed by atoms with van der Waals surface area (Å²) in [5, 5.41) is 13.0. The number of carboxylic acid groups (broad SMARTS) is 1. The molecule has 2 heterocycles. The maximum atomic E-state index is 11.3. The zero-order valence-corrected chi connectivity index (χ0v) is 12.0. The Morgan fingerprint density at radius 3 is 2.55 bits per heavy atom. The smallest absolute Gasteiger partial charge is 0.438 e. The first kappa shape index (κ1) is 14.4. The number of H-pyrrole nitrogens is 1. The van der Waals surface area contributed by atoms with Gasteiger partial charge >= 0.3 is 11.8 Å². The average Bonchev–Trinajstić information content (AvgIpc) is 2.96. The average molecular weight is 303 g/mol. The van der Waals surface area contributed by atoms with E-state index in [4.69, 9.17) is 5.11 Å². The Hall–Kier alpha value is -2.57. The fraction of sp³-hybridized carbons (Fsp3) is 0.400. The van der Waals surface area contributed by atoms with Crippen LogP contribution in [0.4, 0.5) is 4.79 Å². The first-order chi connectivity index (χ1) is 10.6. The molecule has 1 aromatic carbocycles. The maximum absolute atomic E-state index is 11.3. The molecule has 1 aliphatic heterocycles. The number of hydrogen-bond acceptors (Lipinski definition) is 4. The van der Waals surface area contributed by atoms with Crippen LogP contribution in [0.5, 0.6) is 0 Å². The molecule has 0 unspecified atom stereocenters. The minimum atomic E-state index is -0.915. The van der Waals surface area contributed by atoms with Crippen LogP contribution >= 0.6 is 0 Å². The van der Waals surface area contributed by atoms with Crippen LogP contribution in [0.2, 0.25) is 0 Å². The molecule has 0 saturated carbocycles. The number of carbonyl (C=O) groups is 1. The topological polar surface area (TPSA) is 99.4 Å². The van der Waals surface area contributed by atoms with E-state index in [0.29, 0.717) is 38.2 Å². The molecule has 1 amide bonds. The van der Waals surface area contributed by atoms with Crippen LogP contribution in [0.3, 0.4) is 0 Å². The first-order valence-corrected chi connectivity index (χ1v) is 7.17. The number of piperidine rings is 1. The highest BCUT2D eigenvalue weighted by molar-refractivity contribution is 5.65. The molecule has 22 heavy (non-hydrogen) atoms. The second-order valence-corrected chi connectivity index (χ2v) is 5.66. The predicted octanol–water partition coefficient (Wildman–Crippen LogP) is 1.62. The van der Waals surface area contributed by atoms with Gasteiger partial charge in [-0.25, -0.2) is 9.59 Å². The highest BCUT2D eigenvalue weighted by atomic mass is 16.5. The summed E-state index contributed by atoms with van der Waals surface area (Å²) >= 11 is 0. The molecule has 0 radical (unpaired) electrons. The van der Waals surface area contributed by atoms with Crippen molar-refractivity contribution in [2.45, 2.75) is 24.7 Å². The van der Waals surface area contributed by atoms with Crippen molar-refractivity contribution in [2.75, 3.05) is 13.1 Å². The van der Waals surface area contributed by atoms with Crippen molar-refractivity contribution in [1.82, 2.24) is 15.0 Å². The van der Waals surface area contributed by atoms with Gasteiger partial charge in [-0.3, -0.25) is 9.51 Å². The SMILES string of the molecule is O=C(O)N1CCC(Cc2ccccc2)(c2noc(=O)[nH]2)CC1. The number of nitrogens with zero attached hydrogens (tertiary/aromatic N) is 2. The molecule has 1 aliphatic rings. The molecule has 2 aromatic rings. The lowest BCUT2D eigenvalue weighted by molar-refractivity contribution is 0.113. The molecule has 0 atom stereocenters. The molecule has 2 N–H and O–H groups in total. The molecular weight excluding hydrogens is 286 g/mol. The van der Waals surface area contributed by atoms with Gasteiger partial charge in [-0.15, -0.1) is 0 Å². The van der Waals surface area contributed by atoms with E-state index in [9.17, 15) is 9.59 Å². The van der Waals surface area contributed by atoms with Gasteiger partial charge in [-0.2, -0.15) is 0 Å². The Bertz CT molecular complexity index is 699. The Morgan fingerprint density at radius 1 is 1.32 bits per heavy atom. The van der Waals surface area contributed by atoms with Crippen LogP contribution in [0, 0.1) is 0 Å². The van der Waals surface area contributed by atoms with E-state index in [-0.39, 0.29) is 0 Å². The molecule has 0 bridgehead atoms. The van der Waals surface area contributed by atoms with E-state index in [2.05, 4.69) is 14.7 Å². The van der Waals surface area contributed by atoms with Crippen molar-refractivity contribution in [3.05, 3.63) is 52.3 Å². The van der Waals surface area contributed by atoms with E-state index >= 15 is 0 Å². The monoisotopic (exact) mass is 303 g/mol. The Labute approximate surface area is 126 Å². The van der Waals surface area contributed by atoms with Crippen LogP contribution in [0.25, 0.3) is 0 Å². The van der Waals surface area contributed by atoms with Gasteiger partial charge in [0, 0.05) is 18.5 Å². The van der Waals surface area contributed by atoms with Crippen molar-refractivity contribution in [3.63, 3.8) is 0 Å².